The van der Waals surface area contributed by atoms with Gasteiger partial charge in [-0.1, -0.05) is 18.9 Å². The maximum absolute atomic E-state index is 4.89. The lowest BCUT2D eigenvalue weighted by Crippen LogP contribution is -2.40. The molecule has 2 atom stereocenters. The fourth-order valence-corrected chi connectivity index (χ4v) is 4.33. The summed E-state index contributed by atoms with van der Waals surface area (Å²) in [5, 5.41) is 12.0. The molecule has 1 N–H and O–H groups in total. The van der Waals surface area contributed by atoms with Crippen molar-refractivity contribution in [2.24, 2.45) is 16.8 Å². The zero-order valence-corrected chi connectivity index (χ0v) is 17.8. The van der Waals surface area contributed by atoms with Crippen LogP contribution in [-0.2, 0) is 6.42 Å². The number of aliphatic imine (C=N–C) groups is 1. The molecule has 2 aliphatic rings. The van der Waals surface area contributed by atoms with Gasteiger partial charge in [0.05, 0.1) is 0 Å². The van der Waals surface area contributed by atoms with E-state index in [0.717, 1.165) is 48.8 Å². The molecule has 142 valence electrons. The van der Waals surface area contributed by atoms with Gasteiger partial charge in [-0.05, 0) is 43.7 Å². The van der Waals surface area contributed by atoms with E-state index in [1.807, 2.05) is 28.8 Å². The third kappa shape index (κ3) is 4.13. The zero-order valence-electron chi connectivity index (χ0n) is 15.5. The van der Waals surface area contributed by atoms with E-state index in [1.54, 1.807) is 0 Å². The summed E-state index contributed by atoms with van der Waals surface area (Å²) < 4.78 is 2.05. The molecule has 2 aromatic heterocycles. The van der Waals surface area contributed by atoms with Crippen molar-refractivity contribution in [1.29, 1.82) is 0 Å². The molecule has 2 unspecified atom stereocenters. The van der Waals surface area contributed by atoms with E-state index in [0.29, 0.717) is 0 Å². The van der Waals surface area contributed by atoms with E-state index in [2.05, 4.69) is 27.3 Å². The van der Waals surface area contributed by atoms with Gasteiger partial charge in [0.25, 0.3) is 0 Å². The first-order valence-electron chi connectivity index (χ1n) is 9.67. The molecule has 4 rings (SSSR count). The molecule has 0 bridgehead atoms. The highest BCUT2D eigenvalue weighted by molar-refractivity contribution is 14.0. The monoisotopic (exact) mass is 468 g/mol. The third-order valence-electron chi connectivity index (χ3n) is 5.59. The van der Waals surface area contributed by atoms with Crippen LogP contribution in [0.25, 0.3) is 5.65 Å². The van der Waals surface area contributed by atoms with Gasteiger partial charge in [-0.25, -0.2) is 0 Å². The van der Waals surface area contributed by atoms with Crippen LogP contribution in [0.5, 0.6) is 0 Å². The summed E-state index contributed by atoms with van der Waals surface area (Å²) in [6.07, 6.45) is 8.43. The molecule has 0 radical (unpaired) electrons. The number of fused-ring (bicyclic) bond motifs is 2. The fraction of sp³-hybridized carbons (Fsp3) is 0.632. The maximum atomic E-state index is 4.89. The fourth-order valence-electron chi connectivity index (χ4n) is 4.33. The summed E-state index contributed by atoms with van der Waals surface area (Å²) in [5.74, 6) is 3.80. The van der Waals surface area contributed by atoms with Crippen molar-refractivity contribution in [3.05, 3.63) is 30.2 Å². The molecule has 7 heteroatoms. The highest BCUT2D eigenvalue weighted by Gasteiger charge is 2.35. The average Bonchev–Trinajstić information content (AvgIpc) is 3.25. The first-order chi connectivity index (χ1) is 12.3. The predicted molar refractivity (Wildman–Crippen MR) is 115 cm³/mol. The molecule has 2 aromatic rings. The van der Waals surface area contributed by atoms with Crippen molar-refractivity contribution >= 4 is 35.6 Å². The molecule has 26 heavy (non-hydrogen) atoms. The summed E-state index contributed by atoms with van der Waals surface area (Å²) >= 11 is 0. The summed E-state index contributed by atoms with van der Waals surface area (Å²) in [6.45, 7) is 6.14. The molecule has 0 amide bonds. The number of aromatic nitrogens is 3. The van der Waals surface area contributed by atoms with E-state index in [-0.39, 0.29) is 24.0 Å². The second-order valence-corrected chi connectivity index (χ2v) is 7.24. The van der Waals surface area contributed by atoms with Gasteiger partial charge < -0.3 is 10.2 Å². The van der Waals surface area contributed by atoms with Crippen molar-refractivity contribution < 1.29 is 0 Å². The number of nitrogens with zero attached hydrogens (tertiary/aromatic N) is 5. The SMILES string of the molecule is CCNC(=NCCc1nnc2ccccn12)N1CC2CCCCC2C1.I. The number of likely N-dealkylation sites (tertiary alicyclic amines) is 1. The van der Waals surface area contributed by atoms with Crippen LogP contribution >= 0.6 is 24.0 Å². The van der Waals surface area contributed by atoms with Gasteiger partial charge in [-0.3, -0.25) is 9.39 Å². The number of halogens is 1. The highest BCUT2D eigenvalue weighted by atomic mass is 127. The van der Waals surface area contributed by atoms with E-state index in [9.17, 15) is 0 Å². The summed E-state index contributed by atoms with van der Waals surface area (Å²) in [6, 6.07) is 5.98. The van der Waals surface area contributed by atoms with Crippen LogP contribution in [0.3, 0.4) is 0 Å². The van der Waals surface area contributed by atoms with Crippen LogP contribution in [0.4, 0.5) is 0 Å². The van der Waals surface area contributed by atoms with E-state index >= 15 is 0 Å². The van der Waals surface area contributed by atoms with Gasteiger partial charge in [-0.15, -0.1) is 34.2 Å². The van der Waals surface area contributed by atoms with Crippen molar-refractivity contribution in [1.82, 2.24) is 24.8 Å². The minimum atomic E-state index is 0. The summed E-state index contributed by atoms with van der Waals surface area (Å²) in [5.41, 5.74) is 0.900. The average molecular weight is 468 g/mol. The molecular weight excluding hydrogens is 439 g/mol. The maximum Gasteiger partial charge on any atom is 0.193 e. The number of hydrogen-bond donors (Lipinski definition) is 1. The first kappa shape index (κ1) is 19.4. The Morgan fingerprint density at radius 1 is 1.19 bits per heavy atom. The van der Waals surface area contributed by atoms with Gasteiger partial charge in [0, 0.05) is 38.8 Å². The second-order valence-electron chi connectivity index (χ2n) is 7.24. The smallest absolute Gasteiger partial charge is 0.193 e. The number of guanidine groups is 1. The van der Waals surface area contributed by atoms with Crippen LogP contribution in [0, 0.1) is 11.8 Å². The lowest BCUT2D eigenvalue weighted by atomic mass is 9.82. The quantitative estimate of drug-likeness (QED) is 0.426. The number of hydrogen-bond acceptors (Lipinski definition) is 3. The van der Waals surface area contributed by atoms with Crippen LogP contribution in [-0.4, -0.2) is 51.6 Å². The molecule has 1 saturated carbocycles. The van der Waals surface area contributed by atoms with E-state index < -0.39 is 0 Å². The van der Waals surface area contributed by atoms with Gasteiger partial charge in [-0.2, -0.15) is 0 Å². The Labute approximate surface area is 172 Å². The van der Waals surface area contributed by atoms with Crippen molar-refractivity contribution in [2.75, 3.05) is 26.2 Å². The van der Waals surface area contributed by atoms with Crippen LogP contribution in [0.15, 0.2) is 29.4 Å². The Morgan fingerprint density at radius 2 is 1.96 bits per heavy atom. The largest absolute Gasteiger partial charge is 0.357 e. The molecule has 1 saturated heterocycles. The third-order valence-corrected chi connectivity index (χ3v) is 5.59. The topological polar surface area (TPSA) is 57.8 Å². The predicted octanol–water partition coefficient (Wildman–Crippen LogP) is 2.98. The number of pyridine rings is 1. The van der Waals surface area contributed by atoms with Crippen molar-refractivity contribution in [2.45, 2.75) is 39.0 Å². The Balaban J connectivity index is 0.00000196. The molecule has 2 fully saturated rings. The van der Waals surface area contributed by atoms with Crippen molar-refractivity contribution in [3.8, 4) is 0 Å². The molecule has 3 heterocycles. The second kappa shape index (κ2) is 9.01. The van der Waals surface area contributed by atoms with Crippen LogP contribution < -0.4 is 5.32 Å². The standard InChI is InChI=1S/C19H28N6.HI/c1-2-20-19(24-13-15-7-3-4-8-16(15)14-24)21-11-10-18-23-22-17-9-5-6-12-25(17)18;/h5-6,9,12,15-16H,2-4,7-8,10-11,13-14H2,1H3,(H,20,21);1H. The van der Waals surface area contributed by atoms with E-state index in [4.69, 9.17) is 4.99 Å². The minimum Gasteiger partial charge on any atom is -0.357 e. The summed E-state index contributed by atoms with van der Waals surface area (Å²) in [7, 11) is 0. The Kier molecular flexibility index (Phi) is 6.72. The number of rotatable bonds is 4. The Morgan fingerprint density at radius 3 is 2.69 bits per heavy atom. The minimum absolute atomic E-state index is 0. The molecule has 0 spiro atoms. The zero-order chi connectivity index (χ0) is 17.1. The lowest BCUT2D eigenvalue weighted by Gasteiger charge is -2.22. The van der Waals surface area contributed by atoms with Gasteiger partial charge in [0.2, 0.25) is 0 Å². The summed E-state index contributed by atoms with van der Waals surface area (Å²) in [4.78, 5) is 7.36. The van der Waals surface area contributed by atoms with Crippen LogP contribution in [0.2, 0.25) is 0 Å². The normalized spacial score (nSPS) is 23.0. The van der Waals surface area contributed by atoms with Crippen LogP contribution in [0.1, 0.15) is 38.4 Å². The molecule has 0 aromatic carbocycles. The van der Waals surface area contributed by atoms with Gasteiger partial charge in [0.15, 0.2) is 11.6 Å². The highest BCUT2D eigenvalue weighted by Crippen LogP contribution is 2.35. The first-order valence-corrected chi connectivity index (χ1v) is 9.67. The lowest BCUT2D eigenvalue weighted by molar-refractivity contribution is 0.299. The van der Waals surface area contributed by atoms with Gasteiger partial charge in [0.1, 0.15) is 5.82 Å². The van der Waals surface area contributed by atoms with Crippen molar-refractivity contribution in [3.63, 3.8) is 0 Å². The van der Waals surface area contributed by atoms with Gasteiger partial charge >= 0.3 is 0 Å². The Bertz CT molecular complexity index is 728. The molecule has 6 nitrogen and oxygen atoms in total. The number of nitrogens with one attached hydrogen (secondary N) is 1. The Hall–Kier alpha value is -1.38. The molecular formula is C19H29IN6. The molecule has 1 aliphatic carbocycles. The van der Waals surface area contributed by atoms with E-state index in [1.165, 1.54) is 38.8 Å². The molecule has 1 aliphatic heterocycles.